The maximum absolute atomic E-state index is 11.9. The summed E-state index contributed by atoms with van der Waals surface area (Å²) in [6.45, 7) is 4.12. The molecule has 2 aliphatic rings. The van der Waals surface area contributed by atoms with Crippen molar-refractivity contribution in [3.05, 3.63) is 11.8 Å². The number of rotatable bonds is 2. The Hall–Kier alpha value is -0.830. The highest BCUT2D eigenvalue weighted by Crippen LogP contribution is 2.39. The summed E-state index contributed by atoms with van der Waals surface area (Å²) < 4.78 is 10.5. The summed E-state index contributed by atoms with van der Waals surface area (Å²) in [6.07, 6.45) is 5.26. The zero-order valence-corrected chi connectivity index (χ0v) is 10.2. The number of methoxy groups -OCH3 is 1. The third kappa shape index (κ3) is 2.14. The van der Waals surface area contributed by atoms with Gasteiger partial charge >= 0.3 is 5.97 Å². The molecule has 2 rings (SSSR count). The Morgan fingerprint density at radius 3 is 2.94 bits per heavy atom. The smallest absolute Gasteiger partial charge is 0.314 e. The van der Waals surface area contributed by atoms with E-state index in [4.69, 9.17) is 9.47 Å². The van der Waals surface area contributed by atoms with Crippen molar-refractivity contribution in [1.29, 1.82) is 0 Å². The van der Waals surface area contributed by atoms with Crippen LogP contribution in [0, 0.1) is 17.8 Å². The van der Waals surface area contributed by atoms with Crippen molar-refractivity contribution in [2.45, 2.75) is 39.2 Å². The standard InChI is InChI=1S/C13H20O3/c1-8-4-5-10-7-12(9(2)15-3)16-13(14)11(10)6-8/h7-11H,4-6H2,1-3H3/t8?,9-,10?,11?/m0/s1. The molecule has 0 aromatic rings. The van der Waals surface area contributed by atoms with Crippen molar-refractivity contribution in [1.82, 2.24) is 0 Å². The van der Waals surface area contributed by atoms with Crippen molar-refractivity contribution < 1.29 is 14.3 Å². The number of fused-ring (bicyclic) bond motifs is 1. The molecule has 1 saturated carbocycles. The van der Waals surface area contributed by atoms with E-state index in [0.29, 0.717) is 17.6 Å². The number of carbonyl (C=O) groups excluding carboxylic acids is 1. The van der Waals surface area contributed by atoms with Gasteiger partial charge in [-0.3, -0.25) is 4.79 Å². The second-order valence-corrected chi connectivity index (χ2v) is 5.06. The lowest BCUT2D eigenvalue weighted by molar-refractivity contribution is -0.151. The average molecular weight is 224 g/mol. The number of esters is 1. The second-order valence-electron chi connectivity index (χ2n) is 5.06. The molecule has 0 saturated heterocycles. The molecular formula is C13H20O3. The van der Waals surface area contributed by atoms with E-state index < -0.39 is 0 Å². The number of carbonyl (C=O) groups is 1. The van der Waals surface area contributed by atoms with Crippen LogP contribution in [0.4, 0.5) is 0 Å². The van der Waals surface area contributed by atoms with Crippen LogP contribution in [0.3, 0.4) is 0 Å². The first-order valence-electron chi connectivity index (χ1n) is 6.08. The fraction of sp³-hybridized carbons (Fsp3) is 0.769. The Morgan fingerprint density at radius 1 is 1.50 bits per heavy atom. The van der Waals surface area contributed by atoms with Gasteiger partial charge in [-0.2, -0.15) is 0 Å². The zero-order valence-electron chi connectivity index (χ0n) is 10.2. The van der Waals surface area contributed by atoms with Crippen LogP contribution in [-0.2, 0) is 14.3 Å². The highest BCUT2D eigenvalue weighted by atomic mass is 16.6. The SMILES string of the molecule is CO[C@@H](C)C1=CC2CCC(C)CC2C(=O)O1. The molecule has 3 unspecified atom stereocenters. The Kier molecular flexibility index (Phi) is 3.33. The van der Waals surface area contributed by atoms with Gasteiger partial charge in [-0.1, -0.05) is 13.3 Å². The number of ether oxygens (including phenoxy) is 2. The van der Waals surface area contributed by atoms with Gasteiger partial charge in [-0.25, -0.2) is 0 Å². The highest BCUT2D eigenvalue weighted by Gasteiger charge is 2.38. The number of hydrogen-bond donors (Lipinski definition) is 0. The maximum atomic E-state index is 11.9. The Bertz CT molecular complexity index is 308. The van der Waals surface area contributed by atoms with Gasteiger partial charge < -0.3 is 9.47 Å². The number of allylic oxidation sites excluding steroid dienone is 1. The van der Waals surface area contributed by atoms with E-state index in [0.717, 1.165) is 12.8 Å². The Labute approximate surface area is 96.8 Å². The molecule has 90 valence electrons. The molecule has 0 amide bonds. The molecule has 0 radical (unpaired) electrons. The molecule has 1 aliphatic carbocycles. The molecule has 3 heteroatoms. The van der Waals surface area contributed by atoms with E-state index in [9.17, 15) is 4.79 Å². The normalized spacial score (nSPS) is 36.1. The van der Waals surface area contributed by atoms with Crippen LogP contribution in [0.15, 0.2) is 11.8 Å². The summed E-state index contributed by atoms with van der Waals surface area (Å²) in [5, 5.41) is 0. The summed E-state index contributed by atoms with van der Waals surface area (Å²) in [7, 11) is 1.63. The van der Waals surface area contributed by atoms with Crippen LogP contribution in [-0.4, -0.2) is 19.2 Å². The lowest BCUT2D eigenvalue weighted by Crippen LogP contribution is -2.36. The third-order valence-electron chi connectivity index (χ3n) is 3.82. The molecule has 0 aromatic carbocycles. The maximum Gasteiger partial charge on any atom is 0.314 e. The summed E-state index contributed by atoms with van der Waals surface area (Å²) in [6, 6.07) is 0. The topological polar surface area (TPSA) is 35.5 Å². The molecule has 0 aromatic heterocycles. The molecule has 16 heavy (non-hydrogen) atoms. The highest BCUT2D eigenvalue weighted by molar-refractivity contribution is 5.75. The van der Waals surface area contributed by atoms with Gasteiger partial charge in [-0.05, 0) is 37.7 Å². The van der Waals surface area contributed by atoms with Gasteiger partial charge in [-0.15, -0.1) is 0 Å². The van der Waals surface area contributed by atoms with Gasteiger partial charge in [0.25, 0.3) is 0 Å². The predicted molar refractivity (Wildman–Crippen MR) is 60.6 cm³/mol. The van der Waals surface area contributed by atoms with Crippen LogP contribution in [0.25, 0.3) is 0 Å². The van der Waals surface area contributed by atoms with E-state index in [1.807, 2.05) is 6.92 Å². The molecule has 1 heterocycles. The first-order chi connectivity index (χ1) is 7.61. The van der Waals surface area contributed by atoms with Gasteiger partial charge in [0.2, 0.25) is 0 Å². The second kappa shape index (κ2) is 4.58. The van der Waals surface area contributed by atoms with Crippen molar-refractivity contribution in [2.75, 3.05) is 7.11 Å². The largest absolute Gasteiger partial charge is 0.428 e. The lowest BCUT2D eigenvalue weighted by atomic mass is 9.73. The monoisotopic (exact) mass is 224 g/mol. The van der Waals surface area contributed by atoms with Gasteiger partial charge in [0.1, 0.15) is 11.9 Å². The minimum Gasteiger partial charge on any atom is -0.428 e. The summed E-state index contributed by atoms with van der Waals surface area (Å²) in [5.41, 5.74) is 0. The van der Waals surface area contributed by atoms with Gasteiger partial charge in [0.05, 0.1) is 5.92 Å². The van der Waals surface area contributed by atoms with Crippen molar-refractivity contribution in [2.24, 2.45) is 17.8 Å². The van der Waals surface area contributed by atoms with Crippen LogP contribution in [0.1, 0.15) is 33.1 Å². The lowest BCUT2D eigenvalue weighted by Gasteiger charge is -2.35. The Morgan fingerprint density at radius 2 is 2.25 bits per heavy atom. The fourth-order valence-electron chi connectivity index (χ4n) is 2.65. The van der Waals surface area contributed by atoms with Crippen LogP contribution >= 0.6 is 0 Å². The summed E-state index contributed by atoms with van der Waals surface area (Å²) >= 11 is 0. The first-order valence-corrected chi connectivity index (χ1v) is 6.08. The van der Waals surface area contributed by atoms with Crippen molar-refractivity contribution >= 4 is 5.97 Å². The van der Waals surface area contributed by atoms with Crippen molar-refractivity contribution in [3.63, 3.8) is 0 Å². The molecule has 0 N–H and O–H groups in total. The van der Waals surface area contributed by atoms with E-state index in [2.05, 4.69) is 13.0 Å². The molecule has 4 atom stereocenters. The molecular weight excluding hydrogens is 204 g/mol. The summed E-state index contributed by atoms with van der Waals surface area (Å²) in [4.78, 5) is 11.9. The average Bonchev–Trinajstić information content (AvgIpc) is 2.28. The Balaban J connectivity index is 2.15. The minimum atomic E-state index is -0.121. The molecule has 1 aliphatic heterocycles. The minimum absolute atomic E-state index is 0.0575. The van der Waals surface area contributed by atoms with Crippen LogP contribution in [0.2, 0.25) is 0 Å². The predicted octanol–water partition coefficient (Wildman–Crippen LogP) is 2.51. The van der Waals surface area contributed by atoms with Crippen LogP contribution < -0.4 is 0 Å². The zero-order chi connectivity index (χ0) is 11.7. The summed E-state index contributed by atoms with van der Waals surface area (Å²) in [5.74, 6) is 1.73. The van der Waals surface area contributed by atoms with Gasteiger partial charge in [0.15, 0.2) is 0 Å². The van der Waals surface area contributed by atoms with E-state index in [1.54, 1.807) is 7.11 Å². The molecule has 3 nitrogen and oxygen atoms in total. The number of cyclic esters (lactones) is 1. The quantitative estimate of drug-likeness (QED) is 0.676. The van der Waals surface area contributed by atoms with E-state index >= 15 is 0 Å². The van der Waals surface area contributed by atoms with E-state index in [1.165, 1.54) is 6.42 Å². The molecule has 1 fully saturated rings. The first kappa shape index (κ1) is 11.6. The molecule has 0 spiro atoms. The van der Waals surface area contributed by atoms with Crippen LogP contribution in [0.5, 0.6) is 0 Å². The third-order valence-corrected chi connectivity index (χ3v) is 3.82. The van der Waals surface area contributed by atoms with E-state index in [-0.39, 0.29) is 18.0 Å². The van der Waals surface area contributed by atoms with Gasteiger partial charge in [0, 0.05) is 7.11 Å². The fourth-order valence-corrected chi connectivity index (χ4v) is 2.65. The number of hydrogen-bond acceptors (Lipinski definition) is 3. The van der Waals surface area contributed by atoms with Crippen molar-refractivity contribution in [3.8, 4) is 0 Å². The molecule has 0 bridgehead atoms.